The first-order chi connectivity index (χ1) is 13.7. The molecule has 1 aliphatic rings. The second kappa shape index (κ2) is 9.49. The van der Waals surface area contributed by atoms with Crippen LogP contribution in [0.2, 0.25) is 0 Å². The summed E-state index contributed by atoms with van der Waals surface area (Å²) in [5.74, 6) is 1.50. The Morgan fingerprint density at radius 3 is 2.57 bits per heavy atom. The number of methoxy groups -OCH3 is 1. The van der Waals surface area contributed by atoms with Crippen molar-refractivity contribution in [3.8, 4) is 11.5 Å². The number of benzene rings is 2. The zero-order valence-corrected chi connectivity index (χ0v) is 17.1. The van der Waals surface area contributed by atoms with Crippen molar-refractivity contribution in [1.82, 2.24) is 4.90 Å². The summed E-state index contributed by atoms with van der Waals surface area (Å²) >= 11 is 0. The molecule has 3 rings (SSSR count). The Balaban J connectivity index is 1.69. The Kier molecular flexibility index (Phi) is 6.80. The van der Waals surface area contributed by atoms with Gasteiger partial charge in [-0.2, -0.15) is 0 Å². The van der Waals surface area contributed by atoms with Gasteiger partial charge in [0.25, 0.3) is 5.91 Å². The van der Waals surface area contributed by atoms with Gasteiger partial charge in [0.2, 0.25) is 0 Å². The number of unbranched alkanes of at least 4 members (excludes halogenated alkanes) is 2. The first-order valence-corrected chi connectivity index (χ1v) is 10.1. The van der Waals surface area contributed by atoms with Crippen LogP contribution in [0.15, 0.2) is 36.4 Å². The summed E-state index contributed by atoms with van der Waals surface area (Å²) in [6.45, 7) is 4.07. The summed E-state index contributed by atoms with van der Waals surface area (Å²) in [4.78, 5) is 14.8. The lowest BCUT2D eigenvalue weighted by Gasteiger charge is -2.16. The summed E-state index contributed by atoms with van der Waals surface area (Å²) < 4.78 is 11.5. The molecule has 2 aromatic rings. The van der Waals surface area contributed by atoms with Gasteiger partial charge in [0.05, 0.1) is 20.3 Å². The fraction of sp³-hybridized carbons (Fsp3) is 0.435. The molecule has 5 heteroatoms. The van der Waals surface area contributed by atoms with Gasteiger partial charge in [-0.1, -0.05) is 31.9 Å². The van der Waals surface area contributed by atoms with Gasteiger partial charge in [-0.15, -0.1) is 0 Å². The van der Waals surface area contributed by atoms with Crippen molar-refractivity contribution in [2.24, 2.45) is 0 Å². The topological polar surface area (TPSA) is 50.8 Å². The fourth-order valence-electron chi connectivity index (χ4n) is 3.52. The van der Waals surface area contributed by atoms with Gasteiger partial charge in [-0.25, -0.2) is 0 Å². The molecule has 1 aliphatic heterocycles. The highest BCUT2D eigenvalue weighted by Crippen LogP contribution is 2.38. The van der Waals surface area contributed by atoms with Crippen molar-refractivity contribution in [2.75, 3.05) is 32.6 Å². The van der Waals surface area contributed by atoms with E-state index >= 15 is 0 Å². The van der Waals surface area contributed by atoms with Crippen LogP contribution >= 0.6 is 0 Å². The number of ether oxygens (including phenoxy) is 2. The molecule has 2 aromatic carbocycles. The summed E-state index contributed by atoms with van der Waals surface area (Å²) in [6.07, 6.45) is 4.11. The Hall–Kier alpha value is -2.69. The van der Waals surface area contributed by atoms with Crippen LogP contribution in [0, 0.1) is 0 Å². The van der Waals surface area contributed by atoms with Crippen LogP contribution in [-0.4, -0.2) is 38.1 Å². The second-order valence-electron chi connectivity index (χ2n) is 7.10. The Labute approximate surface area is 167 Å². The first-order valence-electron chi connectivity index (χ1n) is 10.1. The lowest BCUT2D eigenvalue weighted by Crippen LogP contribution is -2.26. The predicted octanol–water partition coefficient (Wildman–Crippen LogP) is 4.50. The van der Waals surface area contributed by atoms with Crippen molar-refractivity contribution < 1.29 is 14.3 Å². The van der Waals surface area contributed by atoms with Crippen LogP contribution in [-0.2, 0) is 13.0 Å². The van der Waals surface area contributed by atoms with E-state index in [0.29, 0.717) is 25.4 Å². The average Bonchev–Trinajstić information content (AvgIpc) is 3.06. The zero-order valence-electron chi connectivity index (χ0n) is 17.1. The summed E-state index contributed by atoms with van der Waals surface area (Å²) in [5, 5.41) is 3.12. The van der Waals surface area contributed by atoms with Crippen molar-refractivity contribution in [1.29, 1.82) is 0 Å². The minimum Gasteiger partial charge on any atom is -0.493 e. The molecule has 0 radical (unpaired) electrons. The number of anilines is 1. The third-order valence-electron chi connectivity index (χ3n) is 5.22. The van der Waals surface area contributed by atoms with E-state index in [4.69, 9.17) is 9.47 Å². The highest BCUT2D eigenvalue weighted by Gasteiger charge is 2.31. The monoisotopic (exact) mass is 382 g/mol. The molecule has 0 saturated heterocycles. The molecule has 0 atom stereocenters. The number of fused-ring (bicyclic) bond motifs is 1. The van der Waals surface area contributed by atoms with Crippen LogP contribution in [0.3, 0.4) is 0 Å². The maximum atomic E-state index is 12.9. The van der Waals surface area contributed by atoms with Crippen molar-refractivity contribution >= 4 is 11.6 Å². The molecule has 0 fully saturated rings. The molecule has 1 N–H and O–H groups in total. The number of carbonyl (C=O) groups excluding carboxylic acids is 1. The smallest absolute Gasteiger partial charge is 0.254 e. The predicted molar refractivity (Wildman–Crippen MR) is 112 cm³/mol. The molecule has 0 aliphatic carbocycles. The molecule has 0 bridgehead atoms. The van der Waals surface area contributed by atoms with Crippen LogP contribution in [0.25, 0.3) is 0 Å². The number of amides is 1. The van der Waals surface area contributed by atoms with Gasteiger partial charge in [0, 0.05) is 30.4 Å². The minimum absolute atomic E-state index is 0.0721. The number of carbonyl (C=O) groups is 1. The Morgan fingerprint density at radius 1 is 1.11 bits per heavy atom. The minimum atomic E-state index is 0.0721. The standard InChI is InChI=1S/C23H30N2O3/c1-4-5-6-15-28-22-20-16-25(23(26)19(20)11-12-21(22)27-3)14-13-17-7-9-18(24-2)10-8-17/h7-12,24H,4-6,13-16H2,1-3H3. The van der Waals surface area contributed by atoms with Gasteiger partial charge < -0.3 is 19.7 Å². The maximum absolute atomic E-state index is 12.9. The fourth-order valence-corrected chi connectivity index (χ4v) is 3.52. The summed E-state index contributed by atoms with van der Waals surface area (Å²) in [5.41, 5.74) is 3.99. The van der Waals surface area contributed by atoms with E-state index in [9.17, 15) is 4.79 Å². The van der Waals surface area contributed by atoms with Crippen LogP contribution in [0.4, 0.5) is 5.69 Å². The molecule has 0 saturated carbocycles. The van der Waals surface area contributed by atoms with E-state index in [-0.39, 0.29) is 5.91 Å². The highest BCUT2D eigenvalue weighted by atomic mass is 16.5. The quantitative estimate of drug-likeness (QED) is 0.615. The maximum Gasteiger partial charge on any atom is 0.254 e. The van der Waals surface area contributed by atoms with Crippen LogP contribution in [0.1, 0.15) is 47.7 Å². The summed E-state index contributed by atoms with van der Waals surface area (Å²) in [7, 11) is 3.55. The van der Waals surface area contributed by atoms with E-state index in [2.05, 4.69) is 36.5 Å². The first kappa shape index (κ1) is 20.1. The van der Waals surface area contributed by atoms with E-state index < -0.39 is 0 Å². The van der Waals surface area contributed by atoms with Gasteiger partial charge >= 0.3 is 0 Å². The number of nitrogens with one attached hydrogen (secondary N) is 1. The third-order valence-corrected chi connectivity index (χ3v) is 5.22. The largest absolute Gasteiger partial charge is 0.493 e. The van der Waals surface area contributed by atoms with E-state index in [1.807, 2.05) is 24.1 Å². The molecule has 150 valence electrons. The lowest BCUT2D eigenvalue weighted by molar-refractivity contribution is 0.0780. The Morgan fingerprint density at radius 2 is 1.89 bits per heavy atom. The van der Waals surface area contributed by atoms with Crippen molar-refractivity contribution in [3.05, 3.63) is 53.1 Å². The van der Waals surface area contributed by atoms with E-state index in [0.717, 1.165) is 48.2 Å². The van der Waals surface area contributed by atoms with Crippen molar-refractivity contribution in [2.45, 2.75) is 39.2 Å². The third kappa shape index (κ3) is 4.41. The Bertz CT molecular complexity index is 802. The number of rotatable bonds is 10. The molecule has 5 nitrogen and oxygen atoms in total. The van der Waals surface area contributed by atoms with Crippen molar-refractivity contribution in [3.63, 3.8) is 0 Å². The number of hydrogen-bond donors (Lipinski definition) is 1. The number of nitrogens with zero attached hydrogens (tertiary/aromatic N) is 1. The molecular weight excluding hydrogens is 352 g/mol. The molecule has 0 aromatic heterocycles. The van der Waals surface area contributed by atoms with E-state index in [1.165, 1.54) is 5.56 Å². The lowest BCUT2D eigenvalue weighted by atomic mass is 10.1. The SMILES string of the molecule is CCCCCOc1c(OC)ccc2c1CN(CCc1ccc(NC)cc1)C2=O. The molecule has 28 heavy (non-hydrogen) atoms. The van der Waals surface area contributed by atoms with Gasteiger partial charge in [0.15, 0.2) is 11.5 Å². The molecule has 0 unspecified atom stereocenters. The van der Waals surface area contributed by atoms with Crippen LogP contribution < -0.4 is 14.8 Å². The van der Waals surface area contributed by atoms with Gasteiger partial charge in [-0.3, -0.25) is 4.79 Å². The van der Waals surface area contributed by atoms with Gasteiger partial charge in [0.1, 0.15) is 0 Å². The van der Waals surface area contributed by atoms with Gasteiger partial charge in [-0.05, 0) is 42.7 Å². The molecule has 0 spiro atoms. The average molecular weight is 383 g/mol. The molecule has 1 heterocycles. The number of hydrogen-bond acceptors (Lipinski definition) is 4. The zero-order chi connectivity index (χ0) is 19.9. The molecular formula is C23H30N2O3. The van der Waals surface area contributed by atoms with Crippen LogP contribution in [0.5, 0.6) is 11.5 Å². The summed E-state index contributed by atoms with van der Waals surface area (Å²) in [6, 6.07) is 12.0. The normalized spacial score (nSPS) is 12.8. The highest BCUT2D eigenvalue weighted by molar-refractivity contribution is 5.99. The van der Waals surface area contributed by atoms with E-state index in [1.54, 1.807) is 7.11 Å². The second-order valence-corrected chi connectivity index (χ2v) is 7.10. The molecule has 1 amide bonds.